The van der Waals surface area contributed by atoms with Crippen molar-refractivity contribution in [1.29, 1.82) is 0 Å². The normalized spacial score (nSPS) is 16.4. The van der Waals surface area contributed by atoms with Gasteiger partial charge in [-0.2, -0.15) is 0 Å². The number of nitrogens with zero attached hydrogens (tertiary/aromatic N) is 1. The third-order valence-corrected chi connectivity index (χ3v) is 5.36. The van der Waals surface area contributed by atoms with Crippen molar-refractivity contribution < 1.29 is 14.6 Å². The van der Waals surface area contributed by atoms with Crippen molar-refractivity contribution in [3.63, 3.8) is 0 Å². The Bertz CT molecular complexity index is 1060. The summed E-state index contributed by atoms with van der Waals surface area (Å²) in [7, 11) is 1.60. The Morgan fingerprint density at radius 1 is 0.966 bits per heavy atom. The molecule has 4 nitrogen and oxygen atoms in total. The van der Waals surface area contributed by atoms with Crippen molar-refractivity contribution in [3.8, 4) is 5.75 Å². The number of para-hydroxylation sites is 1. The molecular weight excluding hydrogens is 386 g/mol. The van der Waals surface area contributed by atoms with Crippen molar-refractivity contribution >= 4 is 23.1 Å². The number of carbonyl (C=O) groups excluding carboxylic acids is 1. The van der Waals surface area contributed by atoms with E-state index in [4.69, 9.17) is 16.3 Å². The maximum atomic E-state index is 13.1. The first-order valence-electron chi connectivity index (χ1n) is 9.27. The first-order chi connectivity index (χ1) is 14.1. The molecule has 1 aliphatic heterocycles. The molecule has 1 amide bonds. The monoisotopic (exact) mass is 405 g/mol. The van der Waals surface area contributed by atoms with Crippen LogP contribution in [0.3, 0.4) is 0 Å². The van der Waals surface area contributed by atoms with Gasteiger partial charge >= 0.3 is 0 Å². The second-order valence-corrected chi connectivity index (χ2v) is 7.26. The first-order valence-corrected chi connectivity index (χ1v) is 9.65. The van der Waals surface area contributed by atoms with E-state index >= 15 is 0 Å². The summed E-state index contributed by atoms with van der Waals surface area (Å²) in [4.78, 5) is 14.8. The lowest BCUT2D eigenvalue weighted by Crippen LogP contribution is -2.30. The molecule has 0 spiro atoms. The molecule has 5 heteroatoms. The van der Waals surface area contributed by atoms with E-state index in [9.17, 15) is 9.90 Å². The van der Waals surface area contributed by atoms with Crippen molar-refractivity contribution in [2.75, 3.05) is 7.11 Å². The fourth-order valence-electron chi connectivity index (χ4n) is 3.74. The van der Waals surface area contributed by atoms with Crippen molar-refractivity contribution in [1.82, 2.24) is 4.90 Å². The largest absolute Gasteiger partial charge is 0.503 e. The third-order valence-electron chi connectivity index (χ3n) is 5.11. The number of benzene rings is 3. The van der Waals surface area contributed by atoms with Crippen LogP contribution in [0.25, 0.3) is 5.57 Å². The number of aliphatic hydroxyl groups is 1. The van der Waals surface area contributed by atoms with Gasteiger partial charge in [0.05, 0.1) is 19.7 Å². The average Bonchev–Trinajstić information content (AvgIpc) is 3.00. The van der Waals surface area contributed by atoms with Crippen molar-refractivity contribution in [2.45, 2.75) is 12.6 Å². The average molecular weight is 406 g/mol. The molecular formula is C24H20ClNO3. The zero-order valence-electron chi connectivity index (χ0n) is 15.9. The SMILES string of the molecule is COc1ccccc1CN1C(=O)C(O)=C(c2ccccc2)[C@H]1c1ccc(Cl)cc1. The molecule has 0 fully saturated rings. The van der Waals surface area contributed by atoms with Gasteiger partial charge in [0.15, 0.2) is 5.76 Å². The molecule has 0 radical (unpaired) electrons. The van der Waals surface area contributed by atoms with Crippen molar-refractivity contribution in [2.24, 2.45) is 0 Å². The van der Waals surface area contributed by atoms with Gasteiger partial charge in [-0.25, -0.2) is 0 Å². The highest BCUT2D eigenvalue weighted by molar-refractivity contribution is 6.30. The zero-order valence-corrected chi connectivity index (χ0v) is 16.6. The molecule has 4 rings (SSSR count). The minimum absolute atomic E-state index is 0.231. The summed E-state index contributed by atoms with van der Waals surface area (Å²) in [6.45, 7) is 0.302. The maximum Gasteiger partial charge on any atom is 0.290 e. The number of carbonyl (C=O) groups is 1. The number of ether oxygens (including phenoxy) is 1. The quantitative estimate of drug-likeness (QED) is 0.618. The molecule has 146 valence electrons. The third kappa shape index (κ3) is 3.59. The predicted molar refractivity (Wildman–Crippen MR) is 114 cm³/mol. The summed E-state index contributed by atoms with van der Waals surface area (Å²) in [6, 6.07) is 24.0. The molecule has 0 saturated heterocycles. The predicted octanol–water partition coefficient (Wildman–Crippen LogP) is 5.40. The molecule has 0 saturated carbocycles. The molecule has 1 N–H and O–H groups in total. The molecule has 1 atom stereocenters. The van der Waals surface area contributed by atoms with Crippen LogP contribution in [0.1, 0.15) is 22.7 Å². The molecule has 29 heavy (non-hydrogen) atoms. The van der Waals surface area contributed by atoms with Gasteiger partial charge in [0.1, 0.15) is 5.75 Å². The number of aliphatic hydroxyl groups excluding tert-OH is 1. The van der Waals surface area contributed by atoms with Gasteiger partial charge in [0, 0.05) is 16.2 Å². The molecule has 1 heterocycles. The zero-order chi connectivity index (χ0) is 20.4. The van der Waals surface area contributed by atoms with Gasteiger partial charge in [-0.15, -0.1) is 0 Å². The van der Waals surface area contributed by atoms with Crippen LogP contribution >= 0.6 is 11.6 Å². The fourth-order valence-corrected chi connectivity index (χ4v) is 3.86. The summed E-state index contributed by atoms with van der Waals surface area (Å²) in [5.74, 6) is 0.0589. The number of amides is 1. The van der Waals surface area contributed by atoms with E-state index in [1.807, 2.05) is 66.7 Å². The lowest BCUT2D eigenvalue weighted by atomic mass is 9.93. The van der Waals surface area contributed by atoms with E-state index in [0.717, 1.165) is 16.7 Å². The summed E-state index contributed by atoms with van der Waals surface area (Å²) >= 11 is 6.08. The Morgan fingerprint density at radius 3 is 2.31 bits per heavy atom. The van der Waals surface area contributed by atoms with E-state index in [-0.39, 0.29) is 5.76 Å². The number of hydrogen-bond acceptors (Lipinski definition) is 3. The van der Waals surface area contributed by atoms with Gasteiger partial charge in [-0.05, 0) is 29.3 Å². The fraction of sp³-hybridized carbons (Fsp3) is 0.125. The van der Waals surface area contributed by atoms with E-state index in [1.165, 1.54) is 0 Å². The lowest BCUT2D eigenvalue weighted by molar-refractivity contribution is -0.130. The molecule has 3 aromatic rings. The molecule has 0 aromatic heterocycles. The topological polar surface area (TPSA) is 49.8 Å². The number of halogens is 1. The second kappa shape index (κ2) is 8.02. The Hall–Kier alpha value is -3.24. The highest BCUT2D eigenvalue weighted by Gasteiger charge is 2.41. The van der Waals surface area contributed by atoms with E-state index in [0.29, 0.717) is 22.9 Å². The highest BCUT2D eigenvalue weighted by Crippen LogP contribution is 2.44. The van der Waals surface area contributed by atoms with Crippen molar-refractivity contribution in [3.05, 3.63) is 106 Å². The Morgan fingerprint density at radius 2 is 1.62 bits per heavy atom. The summed E-state index contributed by atoms with van der Waals surface area (Å²) in [6.07, 6.45) is 0. The number of rotatable bonds is 5. The number of hydrogen-bond donors (Lipinski definition) is 1. The second-order valence-electron chi connectivity index (χ2n) is 6.83. The van der Waals surface area contributed by atoms with Crippen LogP contribution in [0.5, 0.6) is 5.75 Å². The molecule has 0 unspecified atom stereocenters. The molecule has 0 bridgehead atoms. The van der Waals surface area contributed by atoms with E-state index in [2.05, 4.69) is 0 Å². The van der Waals surface area contributed by atoms with Crippen LogP contribution in [0, 0.1) is 0 Å². The van der Waals surface area contributed by atoms with E-state index < -0.39 is 11.9 Å². The Kier molecular flexibility index (Phi) is 5.28. The van der Waals surface area contributed by atoms with E-state index in [1.54, 1.807) is 24.1 Å². The van der Waals surface area contributed by atoms with Gasteiger partial charge in [-0.1, -0.05) is 72.3 Å². The lowest BCUT2D eigenvalue weighted by Gasteiger charge is -2.28. The van der Waals surface area contributed by atoms with Gasteiger partial charge in [-0.3, -0.25) is 4.79 Å². The van der Waals surface area contributed by atoms with Crippen LogP contribution in [0.4, 0.5) is 0 Å². The van der Waals surface area contributed by atoms with Crippen LogP contribution in [0.15, 0.2) is 84.6 Å². The van der Waals surface area contributed by atoms with Crippen LogP contribution in [-0.2, 0) is 11.3 Å². The first kappa shape index (κ1) is 19.1. The summed E-state index contributed by atoms with van der Waals surface area (Å²) < 4.78 is 5.45. The van der Waals surface area contributed by atoms with Crippen LogP contribution < -0.4 is 4.74 Å². The molecule has 0 aliphatic carbocycles. The Labute approximate surface area is 174 Å². The van der Waals surface area contributed by atoms with Crippen LogP contribution in [0.2, 0.25) is 5.02 Å². The number of methoxy groups -OCH3 is 1. The standard InChI is InChI=1S/C24H20ClNO3/c1-29-20-10-6-5-9-18(20)15-26-22(17-11-13-19(25)14-12-17)21(23(27)24(26)28)16-7-3-2-4-8-16/h2-14,22,27H,15H2,1H3/t22-/m1/s1. The highest BCUT2D eigenvalue weighted by atomic mass is 35.5. The Balaban J connectivity index is 1.82. The molecule has 1 aliphatic rings. The molecule has 3 aromatic carbocycles. The van der Waals surface area contributed by atoms with Gasteiger partial charge in [0.25, 0.3) is 5.91 Å². The summed E-state index contributed by atoms with van der Waals surface area (Å²) in [5.41, 5.74) is 3.14. The van der Waals surface area contributed by atoms with Crippen LogP contribution in [-0.4, -0.2) is 23.0 Å². The van der Waals surface area contributed by atoms with Gasteiger partial charge in [0.2, 0.25) is 0 Å². The maximum absolute atomic E-state index is 13.1. The van der Waals surface area contributed by atoms with Gasteiger partial charge < -0.3 is 14.7 Å². The smallest absolute Gasteiger partial charge is 0.290 e. The minimum Gasteiger partial charge on any atom is -0.503 e. The summed E-state index contributed by atoms with van der Waals surface area (Å²) in [5, 5.41) is 11.4. The minimum atomic E-state index is -0.438.